The van der Waals surface area contributed by atoms with Crippen LogP contribution in [-0.4, -0.2) is 27.4 Å². The Morgan fingerprint density at radius 3 is 2.85 bits per heavy atom. The lowest BCUT2D eigenvalue weighted by Crippen LogP contribution is -2.25. The summed E-state index contributed by atoms with van der Waals surface area (Å²) in [5, 5.41) is 5.83. The first kappa shape index (κ1) is 13.9. The number of anilines is 1. The summed E-state index contributed by atoms with van der Waals surface area (Å²) < 4.78 is 0. The Morgan fingerprint density at radius 1 is 1.20 bits per heavy atom. The third-order valence-electron chi connectivity index (χ3n) is 2.62. The number of pyridine rings is 1. The first-order valence-corrected chi connectivity index (χ1v) is 6.44. The van der Waals surface area contributed by atoms with Crippen LogP contribution in [0.25, 0.3) is 0 Å². The van der Waals surface area contributed by atoms with E-state index < -0.39 is 0 Å². The van der Waals surface area contributed by atoms with Gasteiger partial charge in [0, 0.05) is 31.1 Å². The van der Waals surface area contributed by atoms with Crippen molar-refractivity contribution in [1.29, 1.82) is 0 Å². The van der Waals surface area contributed by atoms with E-state index in [0.29, 0.717) is 25.5 Å². The molecule has 0 fully saturated rings. The van der Waals surface area contributed by atoms with Crippen molar-refractivity contribution >= 4 is 11.9 Å². The smallest absolute Gasteiger partial charge is 0.222 e. The zero-order valence-corrected chi connectivity index (χ0v) is 11.3. The third-order valence-corrected chi connectivity index (χ3v) is 2.62. The minimum atomic E-state index is -0.0317. The Balaban J connectivity index is 1.68. The SMILES string of the molecule is Cc1ccnc(NCCC(=O)NCc2ccccn2)n1. The first-order valence-electron chi connectivity index (χ1n) is 6.44. The Labute approximate surface area is 117 Å². The van der Waals surface area contributed by atoms with Gasteiger partial charge in [-0.3, -0.25) is 9.78 Å². The molecule has 0 spiro atoms. The highest BCUT2D eigenvalue weighted by Gasteiger charge is 2.02. The molecule has 20 heavy (non-hydrogen) atoms. The molecule has 0 bridgehead atoms. The second kappa shape index (κ2) is 7.18. The van der Waals surface area contributed by atoms with Gasteiger partial charge in [-0.15, -0.1) is 0 Å². The maximum atomic E-state index is 11.7. The van der Waals surface area contributed by atoms with Gasteiger partial charge in [-0.25, -0.2) is 9.97 Å². The van der Waals surface area contributed by atoms with Gasteiger partial charge in [0.1, 0.15) is 0 Å². The van der Waals surface area contributed by atoms with Gasteiger partial charge in [0.05, 0.1) is 12.2 Å². The van der Waals surface area contributed by atoms with Gasteiger partial charge in [-0.1, -0.05) is 6.07 Å². The molecule has 0 aromatic carbocycles. The van der Waals surface area contributed by atoms with Crippen LogP contribution in [0.3, 0.4) is 0 Å². The van der Waals surface area contributed by atoms with E-state index in [1.807, 2.05) is 31.2 Å². The van der Waals surface area contributed by atoms with Crippen molar-refractivity contribution in [3.63, 3.8) is 0 Å². The molecule has 104 valence electrons. The molecule has 0 atom stereocenters. The fraction of sp³-hybridized carbons (Fsp3) is 0.286. The summed E-state index contributed by atoms with van der Waals surface area (Å²) in [7, 11) is 0. The van der Waals surface area contributed by atoms with Gasteiger partial charge in [0.2, 0.25) is 11.9 Å². The van der Waals surface area contributed by atoms with Crippen LogP contribution in [0.5, 0.6) is 0 Å². The highest BCUT2D eigenvalue weighted by Crippen LogP contribution is 1.99. The number of rotatable bonds is 6. The lowest BCUT2D eigenvalue weighted by Gasteiger charge is -2.06. The first-order chi connectivity index (χ1) is 9.74. The molecule has 0 saturated carbocycles. The van der Waals surface area contributed by atoms with Crippen molar-refractivity contribution in [2.24, 2.45) is 0 Å². The summed E-state index contributed by atoms with van der Waals surface area (Å²) in [6.45, 7) is 2.84. The lowest BCUT2D eigenvalue weighted by atomic mass is 10.3. The van der Waals surface area contributed by atoms with Crippen LogP contribution >= 0.6 is 0 Å². The lowest BCUT2D eigenvalue weighted by molar-refractivity contribution is -0.121. The molecule has 0 radical (unpaired) electrons. The summed E-state index contributed by atoms with van der Waals surface area (Å²) >= 11 is 0. The molecule has 0 aliphatic carbocycles. The average molecular weight is 271 g/mol. The summed E-state index contributed by atoms with van der Waals surface area (Å²) in [6.07, 6.45) is 3.76. The number of aromatic nitrogens is 3. The number of carbonyl (C=O) groups excluding carboxylic acids is 1. The number of nitrogens with one attached hydrogen (secondary N) is 2. The maximum Gasteiger partial charge on any atom is 0.222 e. The van der Waals surface area contributed by atoms with Crippen LogP contribution < -0.4 is 10.6 Å². The highest BCUT2D eigenvalue weighted by molar-refractivity contribution is 5.76. The Hall–Kier alpha value is -2.50. The van der Waals surface area contributed by atoms with Crippen LogP contribution in [0.4, 0.5) is 5.95 Å². The highest BCUT2D eigenvalue weighted by atomic mass is 16.1. The van der Waals surface area contributed by atoms with Gasteiger partial charge in [0.15, 0.2) is 0 Å². The molecule has 0 aliphatic rings. The van der Waals surface area contributed by atoms with Crippen LogP contribution in [0.15, 0.2) is 36.7 Å². The Kier molecular flexibility index (Phi) is 5.00. The molecule has 0 unspecified atom stereocenters. The molecule has 2 heterocycles. The summed E-state index contributed by atoms with van der Waals surface area (Å²) in [4.78, 5) is 24.1. The predicted molar refractivity (Wildman–Crippen MR) is 76.0 cm³/mol. The quantitative estimate of drug-likeness (QED) is 0.827. The minimum Gasteiger partial charge on any atom is -0.354 e. The summed E-state index contributed by atoms with van der Waals surface area (Å²) in [5.74, 6) is 0.512. The second-order valence-electron chi connectivity index (χ2n) is 4.30. The topological polar surface area (TPSA) is 79.8 Å². The van der Waals surface area contributed by atoms with E-state index in [0.717, 1.165) is 11.4 Å². The van der Waals surface area contributed by atoms with Gasteiger partial charge < -0.3 is 10.6 Å². The molecule has 2 N–H and O–H groups in total. The predicted octanol–water partition coefficient (Wildman–Crippen LogP) is 1.30. The van der Waals surface area contributed by atoms with Gasteiger partial charge in [-0.05, 0) is 25.1 Å². The van der Waals surface area contributed by atoms with E-state index in [9.17, 15) is 4.79 Å². The number of hydrogen-bond donors (Lipinski definition) is 2. The van der Waals surface area contributed by atoms with Gasteiger partial charge >= 0.3 is 0 Å². The van der Waals surface area contributed by atoms with E-state index in [4.69, 9.17) is 0 Å². The molecular formula is C14H17N5O. The zero-order valence-electron chi connectivity index (χ0n) is 11.3. The van der Waals surface area contributed by atoms with Crippen molar-refractivity contribution in [3.8, 4) is 0 Å². The molecule has 2 aromatic rings. The van der Waals surface area contributed by atoms with Gasteiger partial charge in [-0.2, -0.15) is 0 Å². The van der Waals surface area contributed by atoms with E-state index in [2.05, 4.69) is 25.6 Å². The molecule has 1 amide bonds. The van der Waals surface area contributed by atoms with Crippen molar-refractivity contribution in [1.82, 2.24) is 20.3 Å². The van der Waals surface area contributed by atoms with Crippen LogP contribution in [-0.2, 0) is 11.3 Å². The standard InChI is InChI=1S/C14H17N5O/c1-11-5-8-16-14(19-11)17-9-6-13(20)18-10-12-4-2-3-7-15-12/h2-5,7-8H,6,9-10H2,1H3,(H,18,20)(H,16,17,19). The maximum absolute atomic E-state index is 11.7. The molecule has 6 nitrogen and oxygen atoms in total. The van der Waals surface area contributed by atoms with Crippen molar-refractivity contribution in [2.75, 3.05) is 11.9 Å². The third kappa shape index (κ3) is 4.64. The number of aryl methyl sites for hydroxylation is 1. The normalized spacial score (nSPS) is 10.1. The average Bonchev–Trinajstić information content (AvgIpc) is 2.46. The fourth-order valence-corrected chi connectivity index (χ4v) is 1.60. The second-order valence-corrected chi connectivity index (χ2v) is 4.30. The number of carbonyl (C=O) groups is 1. The molecular weight excluding hydrogens is 254 g/mol. The number of nitrogens with zero attached hydrogens (tertiary/aromatic N) is 3. The molecule has 0 aliphatic heterocycles. The van der Waals surface area contributed by atoms with Crippen LogP contribution in [0.2, 0.25) is 0 Å². The Morgan fingerprint density at radius 2 is 2.10 bits per heavy atom. The minimum absolute atomic E-state index is 0.0317. The fourth-order valence-electron chi connectivity index (χ4n) is 1.60. The largest absolute Gasteiger partial charge is 0.354 e. The van der Waals surface area contributed by atoms with Gasteiger partial charge in [0.25, 0.3) is 0 Å². The van der Waals surface area contributed by atoms with E-state index >= 15 is 0 Å². The number of hydrogen-bond acceptors (Lipinski definition) is 5. The summed E-state index contributed by atoms with van der Waals surface area (Å²) in [6, 6.07) is 7.44. The molecule has 2 rings (SSSR count). The van der Waals surface area contributed by atoms with Crippen molar-refractivity contribution in [2.45, 2.75) is 19.9 Å². The summed E-state index contributed by atoms with van der Waals surface area (Å²) in [5.41, 5.74) is 1.73. The van der Waals surface area contributed by atoms with Crippen molar-refractivity contribution in [3.05, 3.63) is 48.0 Å². The van der Waals surface area contributed by atoms with Crippen molar-refractivity contribution < 1.29 is 4.79 Å². The zero-order chi connectivity index (χ0) is 14.2. The molecule has 6 heteroatoms. The van der Waals surface area contributed by atoms with Crippen LogP contribution in [0.1, 0.15) is 17.8 Å². The monoisotopic (exact) mass is 271 g/mol. The van der Waals surface area contributed by atoms with E-state index in [1.165, 1.54) is 0 Å². The Bertz CT molecular complexity index is 559. The van der Waals surface area contributed by atoms with Crippen LogP contribution in [0, 0.1) is 6.92 Å². The number of amides is 1. The van der Waals surface area contributed by atoms with E-state index in [-0.39, 0.29) is 5.91 Å². The molecule has 2 aromatic heterocycles. The van der Waals surface area contributed by atoms with E-state index in [1.54, 1.807) is 12.4 Å². The molecule has 0 saturated heterocycles.